The third-order valence-electron chi connectivity index (χ3n) is 5.83. The zero-order valence-corrected chi connectivity index (χ0v) is 23.6. The number of carbonyl (C=O) groups is 2. The van der Waals surface area contributed by atoms with Gasteiger partial charge in [0.05, 0.1) is 0 Å². The molecule has 0 aliphatic rings. The molecule has 190 valence electrons. The number of amides is 2. The van der Waals surface area contributed by atoms with Crippen LogP contribution in [0.5, 0.6) is 0 Å². The Hall–Kier alpha value is -2.57. The van der Waals surface area contributed by atoms with Crippen LogP contribution < -0.4 is 5.32 Å². The molecule has 0 fully saturated rings. The van der Waals surface area contributed by atoms with E-state index >= 15 is 0 Å². The summed E-state index contributed by atoms with van der Waals surface area (Å²) in [5.74, 6) is 0.861. The summed E-state index contributed by atoms with van der Waals surface area (Å²) in [6, 6.07) is 25.6. The summed E-state index contributed by atoms with van der Waals surface area (Å²) < 4.78 is 0.981. The Kier molecular flexibility index (Phi) is 11.1. The van der Waals surface area contributed by atoms with Gasteiger partial charge in [0.15, 0.2) is 0 Å². The van der Waals surface area contributed by atoms with E-state index in [4.69, 9.17) is 0 Å². The summed E-state index contributed by atoms with van der Waals surface area (Å²) in [6.45, 7) is 7.16. The summed E-state index contributed by atoms with van der Waals surface area (Å²) in [6.07, 6.45) is 0.829. The van der Waals surface area contributed by atoms with E-state index in [0.29, 0.717) is 37.6 Å². The lowest BCUT2D eigenvalue weighted by Crippen LogP contribution is -2.51. The number of carbonyl (C=O) groups excluding carboxylic acids is 2. The normalized spacial score (nSPS) is 11.8. The van der Waals surface area contributed by atoms with Crippen molar-refractivity contribution in [3.05, 3.63) is 100 Å². The van der Waals surface area contributed by atoms with Crippen molar-refractivity contribution >= 4 is 39.5 Å². The molecule has 0 aromatic heterocycles. The lowest BCUT2D eigenvalue weighted by molar-refractivity contribution is -0.141. The predicted octanol–water partition coefficient (Wildman–Crippen LogP) is 6.65. The molecule has 0 aliphatic carbocycles. The molecular weight excluding hydrogens is 532 g/mol. The zero-order valence-electron chi connectivity index (χ0n) is 21.2. The molecule has 1 N–H and O–H groups in total. The SMILES string of the molecule is Cc1ccc(SCCC(=O)N(Cc2ccc(Br)cc2)[C@H](Cc2ccccc2)C(=O)NCC(C)C)cc1. The largest absolute Gasteiger partial charge is 0.354 e. The molecule has 0 bridgehead atoms. The van der Waals surface area contributed by atoms with Crippen molar-refractivity contribution in [3.8, 4) is 0 Å². The van der Waals surface area contributed by atoms with Crippen LogP contribution in [0, 0.1) is 12.8 Å². The summed E-state index contributed by atoms with van der Waals surface area (Å²) in [5.41, 5.74) is 3.24. The highest BCUT2D eigenvalue weighted by molar-refractivity contribution is 9.10. The van der Waals surface area contributed by atoms with Crippen LogP contribution in [0.1, 0.15) is 37.0 Å². The van der Waals surface area contributed by atoms with E-state index in [9.17, 15) is 9.59 Å². The van der Waals surface area contributed by atoms with Crippen LogP contribution in [0.2, 0.25) is 0 Å². The van der Waals surface area contributed by atoms with Crippen molar-refractivity contribution in [2.45, 2.75) is 51.1 Å². The van der Waals surface area contributed by atoms with Gasteiger partial charge in [0.2, 0.25) is 11.8 Å². The summed E-state index contributed by atoms with van der Waals surface area (Å²) in [4.78, 5) is 30.0. The fraction of sp³-hybridized carbons (Fsp3) is 0.333. The van der Waals surface area contributed by atoms with Crippen LogP contribution in [0.15, 0.2) is 88.2 Å². The lowest BCUT2D eigenvalue weighted by Gasteiger charge is -2.32. The Morgan fingerprint density at radius 1 is 0.917 bits per heavy atom. The highest BCUT2D eigenvalue weighted by atomic mass is 79.9. The van der Waals surface area contributed by atoms with Gasteiger partial charge in [-0.05, 0) is 48.2 Å². The van der Waals surface area contributed by atoms with Crippen LogP contribution in [-0.4, -0.2) is 35.1 Å². The molecule has 3 aromatic rings. The van der Waals surface area contributed by atoms with Gasteiger partial charge in [0, 0.05) is 41.1 Å². The summed E-state index contributed by atoms with van der Waals surface area (Å²) in [7, 11) is 0. The van der Waals surface area contributed by atoms with Crippen molar-refractivity contribution in [1.82, 2.24) is 10.2 Å². The topological polar surface area (TPSA) is 49.4 Å². The van der Waals surface area contributed by atoms with E-state index in [1.54, 1.807) is 16.7 Å². The maximum atomic E-state index is 13.7. The van der Waals surface area contributed by atoms with Crippen molar-refractivity contribution in [2.24, 2.45) is 5.92 Å². The van der Waals surface area contributed by atoms with Crippen LogP contribution in [-0.2, 0) is 22.6 Å². The number of nitrogens with zero attached hydrogens (tertiary/aromatic N) is 1. The Balaban J connectivity index is 1.82. The second-order valence-electron chi connectivity index (χ2n) is 9.40. The Morgan fingerprint density at radius 2 is 1.58 bits per heavy atom. The van der Waals surface area contributed by atoms with E-state index in [-0.39, 0.29) is 11.8 Å². The van der Waals surface area contributed by atoms with Crippen LogP contribution in [0.25, 0.3) is 0 Å². The van der Waals surface area contributed by atoms with E-state index in [1.807, 2.05) is 54.6 Å². The fourth-order valence-corrected chi connectivity index (χ4v) is 4.90. The minimum atomic E-state index is -0.591. The molecule has 4 nitrogen and oxygen atoms in total. The number of halogens is 1. The van der Waals surface area contributed by atoms with E-state index in [2.05, 4.69) is 66.3 Å². The molecule has 0 saturated heterocycles. The van der Waals surface area contributed by atoms with E-state index in [1.165, 1.54) is 5.56 Å². The smallest absolute Gasteiger partial charge is 0.243 e. The van der Waals surface area contributed by atoms with Gasteiger partial charge in [-0.25, -0.2) is 0 Å². The van der Waals surface area contributed by atoms with Crippen molar-refractivity contribution in [1.29, 1.82) is 0 Å². The molecule has 1 atom stereocenters. The molecule has 36 heavy (non-hydrogen) atoms. The first-order valence-electron chi connectivity index (χ1n) is 12.4. The maximum Gasteiger partial charge on any atom is 0.243 e. The molecule has 0 saturated carbocycles. The Bertz CT molecular complexity index is 1100. The molecule has 2 amide bonds. The number of rotatable bonds is 12. The quantitative estimate of drug-likeness (QED) is 0.249. The van der Waals surface area contributed by atoms with Gasteiger partial charge >= 0.3 is 0 Å². The van der Waals surface area contributed by atoms with Gasteiger partial charge in [0.25, 0.3) is 0 Å². The van der Waals surface area contributed by atoms with Gasteiger partial charge in [-0.2, -0.15) is 0 Å². The Morgan fingerprint density at radius 3 is 2.22 bits per heavy atom. The molecular formula is C30H35BrN2O2S. The van der Waals surface area contributed by atoms with Gasteiger partial charge in [-0.1, -0.05) is 89.9 Å². The molecule has 0 heterocycles. The standard InChI is InChI=1S/C30H35BrN2O2S/c1-22(2)20-32-30(35)28(19-24-7-5-4-6-8-24)33(21-25-11-13-26(31)14-12-25)29(34)17-18-36-27-15-9-23(3)10-16-27/h4-16,22,28H,17-21H2,1-3H3,(H,32,35)/t28-/m1/s1. The molecule has 0 unspecified atom stereocenters. The van der Waals surface area contributed by atoms with Crippen molar-refractivity contribution in [3.63, 3.8) is 0 Å². The third-order valence-corrected chi connectivity index (χ3v) is 7.37. The Labute approximate surface area is 228 Å². The molecule has 0 aliphatic heterocycles. The van der Waals surface area contributed by atoms with E-state index in [0.717, 1.165) is 20.5 Å². The van der Waals surface area contributed by atoms with Crippen molar-refractivity contribution in [2.75, 3.05) is 12.3 Å². The summed E-state index contributed by atoms with van der Waals surface area (Å²) >= 11 is 5.15. The number of hydrogen-bond donors (Lipinski definition) is 1. The second-order valence-corrected chi connectivity index (χ2v) is 11.5. The summed E-state index contributed by atoms with van der Waals surface area (Å²) in [5, 5.41) is 3.07. The average Bonchev–Trinajstić information content (AvgIpc) is 2.87. The van der Waals surface area contributed by atoms with Gasteiger partial charge in [0.1, 0.15) is 6.04 Å². The first-order valence-corrected chi connectivity index (χ1v) is 14.1. The monoisotopic (exact) mass is 566 g/mol. The number of aryl methyl sites for hydroxylation is 1. The average molecular weight is 568 g/mol. The number of hydrogen-bond acceptors (Lipinski definition) is 3. The van der Waals surface area contributed by atoms with E-state index < -0.39 is 6.04 Å². The molecule has 0 spiro atoms. The first kappa shape index (κ1) is 28.0. The van der Waals surface area contributed by atoms with Gasteiger partial charge in [-0.3, -0.25) is 9.59 Å². The highest BCUT2D eigenvalue weighted by Gasteiger charge is 2.30. The fourth-order valence-electron chi connectivity index (χ4n) is 3.80. The predicted molar refractivity (Wildman–Crippen MR) is 153 cm³/mol. The van der Waals surface area contributed by atoms with Crippen LogP contribution >= 0.6 is 27.7 Å². The number of thioether (sulfide) groups is 1. The lowest BCUT2D eigenvalue weighted by atomic mass is 10.0. The second kappa shape index (κ2) is 14.2. The highest BCUT2D eigenvalue weighted by Crippen LogP contribution is 2.22. The first-order chi connectivity index (χ1) is 17.3. The zero-order chi connectivity index (χ0) is 25.9. The third kappa shape index (κ3) is 9.14. The van der Waals surface area contributed by atoms with Crippen LogP contribution in [0.3, 0.4) is 0 Å². The van der Waals surface area contributed by atoms with Crippen molar-refractivity contribution < 1.29 is 9.59 Å². The van der Waals surface area contributed by atoms with Crippen LogP contribution in [0.4, 0.5) is 0 Å². The number of nitrogens with one attached hydrogen (secondary N) is 1. The minimum Gasteiger partial charge on any atom is -0.354 e. The minimum absolute atomic E-state index is 0.0156. The molecule has 0 radical (unpaired) electrons. The maximum absolute atomic E-state index is 13.7. The number of benzene rings is 3. The molecule has 6 heteroatoms. The van der Waals surface area contributed by atoms with Gasteiger partial charge in [-0.15, -0.1) is 11.8 Å². The van der Waals surface area contributed by atoms with Gasteiger partial charge < -0.3 is 10.2 Å². The molecule has 3 aromatic carbocycles. The molecule has 3 rings (SSSR count).